The van der Waals surface area contributed by atoms with E-state index in [0.29, 0.717) is 28.2 Å². The van der Waals surface area contributed by atoms with Gasteiger partial charge in [0.1, 0.15) is 5.82 Å². The Hall–Kier alpha value is -2.34. The van der Waals surface area contributed by atoms with Crippen molar-refractivity contribution in [2.24, 2.45) is 0 Å². The van der Waals surface area contributed by atoms with E-state index in [1.807, 2.05) is 34.9 Å². The molecule has 0 amide bonds. The van der Waals surface area contributed by atoms with Crippen LogP contribution in [0.15, 0.2) is 78.0 Å². The molecule has 1 heterocycles. The quantitative estimate of drug-likeness (QED) is 0.309. The van der Waals surface area contributed by atoms with Gasteiger partial charge in [0, 0.05) is 21.4 Å². The highest BCUT2D eigenvalue weighted by molar-refractivity contribution is 7.98. The van der Waals surface area contributed by atoms with E-state index in [4.69, 9.17) is 23.2 Å². The Morgan fingerprint density at radius 2 is 1.66 bits per heavy atom. The smallest absolute Gasteiger partial charge is 0.192 e. The van der Waals surface area contributed by atoms with Crippen LogP contribution in [0.1, 0.15) is 11.1 Å². The van der Waals surface area contributed by atoms with Crippen molar-refractivity contribution in [3.8, 4) is 11.4 Å². The van der Waals surface area contributed by atoms with E-state index in [1.54, 1.807) is 30.0 Å². The number of rotatable bonds is 6. The lowest BCUT2D eigenvalue weighted by atomic mass is 10.2. The van der Waals surface area contributed by atoms with Gasteiger partial charge in [0.15, 0.2) is 11.0 Å². The summed E-state index contributed by atoms with van der Waals surface area (Å²) in [7, 11) is 0. The first-order valence-corrected chi connectivity index (χ1v) is 10.6. The van der Waals surface area contributed by atoms with Gasteiger partial charge in [0.2, 0.25) is 0 Å². The summed E-state index contributed by atoms with van der Waals surface area (Å²) >= 11 is 13.8. The Balaban J connectivity index is 1.66. The van der Waals surface area contributed by atoms with E-state index in [0.717, 1.165) is 21.8 Å². The number of benzene rings is 3. The van der Waals surface area contributed by atoms with Gasteiger partial charge in [0.25, 0.3) is 0 Å². The van der Waals surface area contributed by atoms with Crippen LogP contribution in [0.3, 0.4) is 0 Å². The molecule has 0 aliphatic carbocycles. The minimum absolute atomic E-state index is 0.283. The molecule has 3 nitrogen and oxygen atoms in total. The molecule has 0 saturated carbocycles. The van der Waals surface area contributed by atoms with Crippen molar-refractivity contribution in [3.63, 3.8) is 0 Å². The van der Waals surface area contributed by atoms with E-state index in [1.165, 1.54) is 12.1 Å². The maximum Gasteiger partial charge on any atom is 0.192 e. The number of aromatic nitrogens is 3. The molecular formula is C22H16Cl2FN3S. The largest absolute Gasteiger partial charge is 0.298 e. The van der Waals surface area contributed by atoms with Crippen molar-refractivity contribution in [2.75, 3.05) is 0 Å². The maximum atomic E-state index is 13.4. The SMILES string of the molecule is Fc1ccc(-c2nnc(SCc3ccc(Cl)cc3Cl)n2Cc2ccccc2)cc1. The van der Waals surface area contributed by atoms with Crippen molar-refractivity contribution in [1.82, 2.24) is 14.8 Å². The van der Waals surface area contributed by atoms with Gasteiger partial charge in [-0.05, 0) is 47.5 Å². The molecule has 146 valence electrons. The summed E-state index contributed by atoms with van der Waals surface area (Å²) in [5.41, 5.74) is 2.91. The van der Waals surface area contributed by atoms with Crippen molar-refractivity contribution in [2.45, 2.75) is 17.5 Å². The average Bonchev–Trinajstić information content (AvgIpc) is 3.11. The van der Waals surface area contributed by atoms with Gasteiger partial charge in [-0.1, -0.05) is 71.4 Å². The molecule has 0 aliphatic rings. The van der Waals surface area contributed by atoms with E-state index < -0.39 is 0 Å². The van der Waals surface area contributed by atoms with Crippen molar-refractivity contribution >= 4 is 35.0 Å². The van der Waals surface area contributed by atoms with Crippen LogP contribution in [0.25, 0.3) is 11.4 Å². The molecule has 0 radical (unpaired) electrons. The molecule has 0 spiro atoms. The van der Waals surface area contributed by atoms with Crippen LogP contribution in [-0.2, 0) is 12.3 Å². The van der Waals surface area contributed by atoms with Gasteiger partial charge in [-0.15, -0.1) is 10.2 Å². The van der Waals surface area contributed by atoms with Crippen LogP contribution in [-0.4, -0.2) is 14.8 Å². The number of thioether (sulfide) groups is 1. The fraction of sp³-hybridized carbons (Fsp3) is 0.0909. The Labute approximate surface area is 182 Å². The normalized spacial score (nSPS) is 11.0. The second-order valence-corrected chi connectivity index (χ2v) is 8.20. The van der Waals surface area contributed by atoms with E-state index in [9.17, 15) is 4.39 Å². The first-order valence-electron chi connectivity index (χ1n) is 8.90. The highest BCUT2D eigenvalue weighted by Crippen LogP contribution is 2.30. The minimum atomic E-state index is -0.283. The van der Waals surface area contributed by atoms with Gasteiger partial charge < -0.3 is 0 Å². The highest BCUT2D eigenvalue weighted by atomic mass is 35.5. The zero-order valence-corrected chi connectivity index (χ0v) is 17.6. The molecule has 0 fully saturated rings. The van der Waals surface area contributed by atoms with Crippen LogP contribution in [0.4, 0.5) is 4.39 Å². The van der Waals surface area contributed by atoms with Gasteiger partial charge in [-0.2, -0.15) is 0 Å². The first kappa shape index (κ1) is 20.0. The van der Waals surface area contributed by atoms with Gasteiger partial charge in [-0.3, -0.25) is 4.57 Å². The van der Waals surface area contributed by atoms with E-state index >= 15 is 0 Å². The topological polar surface area (TPSA) is 30.7 Å². The summed E-state index contributed by atoms with van der Waals surface area (Å²) in [5.74, 6) is 1.04. The highest BCUT2D eigenvalue weighted by Gasteiger charge is 2.16. The number of nitrogens with zero attached hydrogens (tertiary/aromatic N) is 3. The van der Waals surface area contributed by atoms with Gasteiger partial charge in [0.05, 0.1) is 6.54 Å². The lowest BCUT2D eigenvalue weighted by Crippen LogP contribution is -2.04. The third-order valence-corrected chi connectivity index (χ3v) is 5.98. The standard InChI is InChI=1S/C22H16Cl2FN3S/c23-18-9-6-17(20(24)12-18)14-29-22-27-26-21(16-7-10-19(25)11-8-16)28(22)13-15-4-2-1-3-5-15/h1-12H,13-14H2. The van der Waals surface area contributed by atoms with Crippen LogP contribution >= 0.6 is 35.0 Å². The van der Waals surface area contributed by atoms with Crippen molar-refractivity contribution < 1.29 is 4.39 Å². The third-order valence-electron chi connectivity index (χ3n) is 4.37. The zero-order chi connectivity index (χ0) is 20.2. The second kappa shape index (κ2) is 8.99. The summed E-state index contributed by atoms with van der Waals surface area (Å²) in [4.78, 5) is 0. The molecule has 29 heavy (non-hydrogen) atoms. The summed E-state index contributed by atoms with van der Waals surface area (Å²) in [6.07, 6.45) is 0. The zero-order valence-electron chi connectivity index (χ0n) is 15.2. The van der Waals surface area contributed by atoms with Crippen LogP contribution in [0.2, 0.25) is 10.0 Å². The fourth-order valence-corrected chi connectivity index (χ4v) is 4.39. The molecule has 0 N–H and O–H groups in total. The van der Waals surface area contributed by atoms with E-state index in [2.05, 4.69) is 22.3 Å². The molecule has 7 heteroatoms. The predicted octanol–water partition coefficient (Wildman–Crippen LogP) is 6.73. The molecule has 0 saturated heterocycles. The number of hydrogen-bond donors (Lipinski definition) is 0. The molecule has 0 unspecified atom stereocenters. The molecule has 0 bridgehead atoms. The van der Waals surface area contributed by atoms with Crippen molar-refractivity contribution in [1.29, 1.82) is 0 Å². The fourth-order valence-electron chi connectivity index (χ4n) is 2.90. The summed E-state index contributed by atoms with van der Waals surface area (Å²) in [5, 5.41) is 10.8. The second-order valence-electron chi connectivity index (χ2n) is 6.41. The Morgan fingerprint density at radius 1 is 0.897 bits per heavy atom. The van der Waals surface area contributed by atoms with E-state index in [-0.39, 0.29) is 5.82 Å². The van der Waals surface area contributed by atoms with Crippen molar-refractivity contribution in [3.05, 3.63) is 99.8 Å². The minimum Gasteiger partial charge on any atom is -0.298 e. The molecule has 0 aliphatic heterocycles. The molecule has 0 atom stereocenters. The molecular weight excluding hydrogens is 428 g/mol. The lowest BCUT2D eigenvalue weighted by Gasteiger charge is -2.11. The average molecular weight is 444 g/mol. The van der Waals surface area contributed by atoms with Crippen LogP contribution < -0.4 is 0 Å². The Kier molecular flexibility index (Phi) is 6.19. The van der Waals surface area contributed by atoms with Gasteiger partial charge >= 0.3 is 0 Å². The first-order chi connectivity index (χ1) is 14.1. The lowest BCUT2D eigenvalue weighted by molar-refractivity contribution is 0.628. The molecule has 4 aromatic rings. The van der Waals surface area contributed by atoms with Crippen LogP contribution in [0.5, 0.6) is 0 Å². The number of halogens is 3. The monoisotopic (exact) mass is 443 g/mol. The molecule has 3 aromatic carbocycles. The number of hydrogen-bond acceptors (Lipinski definition) is 3. The summed E-state index contributed by atoms with van der Waals surface area (Å²) < 4.78 is 15.4. The van der Waals surface area contributed by atoms with Gasteiger partial charge in [-0.25, -0.2) is 4.39 Å². The predicted molar refractivity (Wildman–Crippen MR) is 117 cm³/mol. The van der Waals surface area contributed by atoms with Crippen LogP contribution in [0, 0.1) is 5.82 Å². The molecule has 4 rings (SSSR count). The Bertz CT molecular complexity index is 1110. The molecule has 1 aromatic heterocycles. The third kappa shape index (κ3) is 4.81. The summed E-state index contributed by atoms with van der Waals surface area (Å²) in [6, 6.07) is 21.8. The summed E-state index contributed by atoms with van der Waals surface area (Å²) in [6.45, 7) is 0.608. The maximum absolute atomic E-state index is 13.4. The Morgan fingerprint density at radius 3 is 2.38 bits per heavy atom.